The molecule has 1 N–H and O–H groups in total. The molecule has 0 aliphatic carbocycles. The zero-order valence-electron chi connectivity index (χ0n) is 15.5. The van der Waals surface area contributed by atoms with Crippen molar-refractivity contribution in [2.24, 2.45) is 7.05 Å². The first-order valence-corrected chi connectivity index (χ1v) is 9.27. The van der Waals surface area contributed by atoms with E-state index in [0.29, 0.717) is 0 Å². The highest BCUT2D eigenvalue weighted by Crippen LogP contribution is 2.36. The number of hydrogen-bond acceptors (Lipinski definition) is 3. The van der Waals surface area contributed by atoms with Crippen molar-refractivity contribution in [1.82, 2.24) is 14.8 Å². The first-order valence-electron chi connectivity index (χ1n) is 9.27. The van der Waals surface area contributed by atoms with Gasteiger partial charge in [0.15, 0.2) is 0 Å². The number of halogens is 3. The van der Waals surface area contributed by atoms with Crippen LogP contribution in [-0.2, 0) is 7.05 Å². The Morgan fingerprint density at radius 2 is 1.68 bits per heavy atom. The molecule has 4 nitrogen and oxygen atoms in total. The molecule has 0 amide bonds. The fourth-order valence-corrected chi connectivity index (χ4v) is 3.97. The van der Waals surface area contributed by atoms with E-state index in [-0.39, 0.29) is 11.8 Å². The van der Waals surface area contributed by atoms with Crippen molar-refractivity contribution in [2.45, 2.75) is 12.4 Å². The molecule has 0 radical (unpaired) electrons. The molecule has 1 atom stereocenters. The Kier molecular flexibility index (Phi) is 5.03. The number of nitrogens with zero attached hydrogens (tertiary/aromatic N) is 2. The van der Waals surface area contributed by atoms with Gasteiger partial charge in [-0.05, 0) is 29.3 Å². The average Bonchev–Trinajstić information content (AvgIpc) is 3.00. The number of alkyl halides is 3. The van der Waals surface area contributed by atoms with Crippen molar-refractivity contribution in [3.8, 4) is 5.75 Å². The highest BCUT2D eigenvalue weighted by Gasteiger charge is 2.31. The van der Waals surface area contributed by atoms with E-state index in [1.165, 1.54) is 12.1 Å². The van der Waals surface area contributed by atoms with Crippen LogP contribution in [0.5, 0.6) is 5.75 Å². The van der Waals surface area contributed by atoms with Crippen LogP contribution in [0, 0.1) is 0 Å². The minimum Gasteiger partial charge on any atom is -0.406 e. The molecule has 2 heterocycles. The second kappa shape index (κ2) is 7.48. The summed E-state index contributed by atoms with van der Waals surface area (Å²) in [6.45, 7) is 3.51. The van der Waals surface area contributed by atoms with Crippen LogP contribution in [0.3, 0.4) is 0 Å². The summed E-state index contributed by atoms with van der Waals surface area (Å²) in [6, 6.07) is 14.4. The molecular weight excluding hydrogens is 367 g/mol. The number of hydrogen-bond donors (Lipinski definition) is 1. The number of nitrogens with one attached hydrogen (secondary N) is 1. The summed E-state index contributed by atoms with van der Waals surface area (Å²) >= 11 is 0. The smallest absolute Gasteiger partial charge is 0.406 e. The van der Waals surface area contributed by atoms with E-state index in [4.69, 9.17) is 0 Å². The Labute approximate surface area is 161 Å². The summed E-state index contributed by atoms with van der Waals surface area (Å²) in [7, 11) is 2.01. The number of rotatable bonds is 4. The van der Waals surface area contributed by atoms with E-state index in [9.17, 15) is 13.2 Å². The van der Waals surface area contributed by atoms with Crippen molar-refractivity contribution < 1.29 is 17.9 Å². The van der Waals surface area contributed by atoms with Gasteiger partial charge in [0.25, 0.3) is 0 Å². The van der Waals surface area contributed by atoms with Crippen molar-refractivity contribution in [3.05, 3.63) is 65.9 Å². The van der Waals surface area contributed by atoms with E-state index >= 15 is 0 Å². The lowest BCUT2D eigenvalue weighted by Gasteiger charge is -2.35. The molecule has 3 aromatic rings. The number of fused-ring (bicyclic) bond motifs is 1. The largest absolute Gasteiger partial charge is 0.573 e. The minimum absolute atomic E-state index is 0.0341. The molecule has 0 spiro atoms. The summed E-state index contributed by atoms with van der Waals surface area (Å²) in [5, 5.41) is 4.51. The van der Waals surface area contributed by atoms with E-state index in [1.807, 2.05) is 19.2 Å². The fourth-order valence-electron chi connectivity index (χ4n) is 3.97. The maximum atomic E-state index is 12.5. The van der Waals surface area contributed by atoms with Crippen LogP contribution in [0.1, 0.15) is 17.2 Å². The maximum absolute atomic E-state index is 12.5. The lowest BCUT2D eigenvalue weighted by Crippen LogP contribution is -2.45. The van der Waals surface area contributed by atoms with Crippen LogP contribution in [0.25, 0.3) is 10.9 Å². The van der Waals surface area contributed by atoms with E-state index in [2.05, 4.69) is 37.9 Å². The van der Waals surface area contributed by atoms with Gasteiger partial charge in [0.2, 0.25) is 0 Å². The molecule has 7 heteroatoms. The van der Waals surface area contributed by atoms with Crippen LogP contribution in [-0.4, -0.2) is 42.0 Å². The highest BCUT2D eigenvalue weighted by molar-refractivity contribution is 5.84. The molecule has 1 aromatic heterocycles. The van der Waals surface area contributed by atoms with Crippen LogP contribution in [0.15, 0.2) is 54.7 Å². The Morgan fingerprint density at radius 1 is 1.00 bits per heavy atom. The molecule has 1 fully saturated rings. The van der Waals surface area contributed by atoms with Crippen LogP contribution < -0.4 is 10.1 Å². The Bertz CT molecular complexity index is 944. The second-order valence-electron chi connectivity index (χ2n) is 7.02. The number of ether oxygens (including phenoxy) is 1. The van der Waals surface area contributed by atoms with E-state index in [1.54, 1.807) is 12.1 Å². The van der Waals surface area contributed by atoms with Crippen molar-refractivity contribution in [3.63, 3.8) is 0 Å². The van der Waals surface area contributed by atoms with Gasteiger partial charge in [0.05, 0.1) is 6.04 Å². The van der Waals surface area contributed by atoms with E-state index < -0.39 is 6.36 Å². The number of para-hydroxylation sites is 1. The summed E-state index contributed by atoms with van der Waals surface area (Å²) in [4.78, 5) is 2.37. The Balaban J connectivity index is 1.76. The number of aryl methyl sites for hydroxylation is 1. The molecule has 4 rings (SSSR count). The predicted octanol–water partition coefficient (Wildman–Crippen LogP) is 4.07. The molecule has 28 heavy (non-hydrogen) atoms. The summed E-state index contributed by atoms with van der Waals surface area (Å²) in [6.07, 6.45) is -2.56. The monoisotopic (exact) mass is 389 g/mol. The van der Waals surface area contributed by atoms with Gasteiger partial charge in [-0.25, -0.2) is 0 Å². The summed E-state index contributed by atoms with van der Waals surface area (Å²) < 4.78 is 43.6. The Hall–Kier alpha value is -2.51. The summed E-state index contributed by atoms with van der Waals surface area (Å²) in [5.74, 6) is -0.201. The first-order chi connectivity index (χ1) is 13.4. The maximum Gasteiger partial charge on any atom is 0.573 e. The molecule has 148 valence electrons. The number of benzene rings is 2. The minimum atomic E-state index is -4.69. The lowest BCUT2D eigenvalue weighted by molar-refractivity contribution is -0.274. The first kappa shape index (κ1) is 18.8. The second-order valence-corrected chi connectivity index (χ2v) is 7.02. The number of aromatic nitrogens is 1. The molecule has 0 unspecified atom stereocenters. The third kappa shape index (κ3) is 3.86. The molecule has 1 saturated heterocycles. The zero-order chi connectivity index (χ0) is 19.7. The fraction of sp³-hybridized carbons (Fsp3) is 0.333. The molecular formula is C21H22F3N3O. The zero-order valence-corrected chi connectivity index (χ0v) is 15.5. The predicted molar refractivity (Wildman–Crippen MR) is 102 cm³/mol. The molecule has 0 saturated carbocycles. The van der Waals surface area contributed by atoms with Crippen LogP contribution in [0.2, 0.25) is 0 Å². The van der Waals surface area contributed by atoms with Crippen LogP contribution in [0.4, 0.5) is 13.2 Å². The van der Waals surface area contributed by atoms with Gasteiger partial charge in [-0.15, -0.1) is 13.2 Å². The van der Waals surface area contributed by atoms with Crippen molar-refractivity contribution in [1.29, 1.82) is 0 Å². The normalized spacial score (nSPS) is 17.0. The topological polar surface area (TPSA) is 29.4 Å². The van der Waals surface area contributed by atoms with Gasteiger partial charge in [-0.3, -0.25) is 4.90 Å². The van der Waals surface area contributed by atoms with Crippen molar-refractivity contribution >= 4 is 10.9 Å². The third-order valence-electron chi connectivity index (χ3n) is 5.17. The average molecular weight is 389 g/mol. The molecule has 0 bridgehead atoms. The molecule has 1 aliphatic rings. The third-order valence-corrected chi connectivity index (χ3v) is 5.17. The highest BCUT2D eigenvalue weighted by atomic mass is 19.4. The van der Waals surface area contributed by atoms with E-state index in [0.717, 1.165) is 48.2 Å². The van der Waals surface area contributed by atoms with Gasteiger partial charge < -0.3 is 14.6 Å². The van der Waals surface area contributed by atoms with Gasteiger partial charge in [0, 0.05) is 50.3 Å². The number of piperazine rings is 1. The standard InChI is InChI=1S/C21H22F3N3O/c1-26-14-18(17-4-2-3-5-19(17)26)20(27-12-10-25-11-13-27)15-6-8-16(9-7-15)28-21(22,23)24/h2-9,14,20,25H,10-13H2,1H3/t20-/m1/s1. The SMILES string of the molecule is Cn1cc([C@@H](c2ccc(OC(F)(F)F)cc2)N2CCNCC2)c2ccccc21. The lowest BCUT2D eigenvalue weighted by atomic mass is 9.96. The van der Waals surface area contributed by atoms with Gasteiger partial charge >= 0.3 is 6.36 Å². The van der Waals surface area contributed by atoms with Gasteiger partial charge in [-0.2, -0.15) is 0 Å². The van der Waals surface area contributed by atoms with Gasteiger partial charge in [0.1, 0.15) is 5.75 Å². The van der Waals surface area contributed by atoms with Crippen LogP contribution >= 0.6 is 0 Å². The molecule has 2 aromatic carbocycles. The van der Waals surface area contributed by atoms with Gasteiger partial charge in [-0.1, -0.05) is 30.3 Å². The van der Waals surface area contributed by atoms with Crippen molar-refractivity contribution in [2.75, 3.05) is 26.2 Å². The molecule has 1 aliphatic heterocycles. The quantitative estimate of drug-likeness (QED) is 0.729. The Morgan fingerprint density at radius 3 is 2.36 bits per heavy atom. The summed E-state index contributed by atoms with van der Waals surface area (Å²) in [5.41, 5.74) is 3.24.